The third-order valence-electron chi connectivity index (χ3n) is 2.60. The standard InChI is InChI=1S/C14H20N4O2/c1-9(2)18-11-6-12(15-7-10(11)8-16-18)17-13(19)20-14(3,4)5/h6-9H,1-5H3,(H,15,17,19). The van der Waals surface area contributed by atoms with Crippen molar-refractivity contribution in [3.63, 3.8) is 0 Å². The molecule has 0 fully saturated rings. The molecule has 0 bridgehead atoms. The van der Waals surface area contributed by atoms with Gasteiger partial charge in [0.05, 0.1) is 11.7 Å². The average molecular weight is 276 g/mol. The Labute approximate surface area is 118 Å². The molecular weight excluding hydrogens is 256 g/mol. The van der Waals surface area contributed by atoms with Crippen LogP contribution < -0.4 is 5.32 Å². The van der Waals surface area contributed by atoms with Gasteiger partial charge in [0.15, 0.2) is 0 Å². The molecular formula is C14H20N4O2. The monoisotopic (exact) mass is 276 g/mol. The molecule has 0 saturated carbocycles. The molecule has 2 rings (SSSR count). The number of carbonyl (C=O) groups is 1. The predicted molar refractivity (Wildman–Crippen MR) is 77.8 cm³/mol. The Morgan fingerprint density at radius 2 is 2.05 bits per heavy atom. The molecule has 6 nitrogen and oxygen atoms in total. The van der Waals surface area contributed by atoms with Gasteiger partial charge in [0.1, 0.15) is 11.4 Å². The van der Waals surface area contributed by atoms with Crippen LogP contribution in [0.25, 0.3) is 10.9 Å². The maximum absolute atomic E-state index is 11.7. The number of carbonyl (C=O) groups excluding carboxylic acids is 1. The first-order chi connectivity index (χ1) is 9.26. The molecule has 2 heterocycles. The molecule has 0 atom stereocenters. The average Bonchev–Trinajstić information content (AvgIpc) is 2.69. The normalized spacial score (nSPS) is 11.9. The van der Waals surface area contributed by atoms with E-state index >= 15 is 0 Å². The number of aromatic nitrogens is 3. The van der Waals surface area contributed by atoms with Gasteiger partial charge >= 0.3 is 6.09 Å². The van der Waals surface area contributed by atoms with Crippen molar-refractivity contribution in [1.29, 1.82) is 0 Å². The van der Waals surface area contributed by atoms with Gasteiger partial charge in [-0.3, -0.25) is 10.00 Å². The summed E-state index contributed by atoms with van der Waals surface area (Å²) >= 11 is 0. The van der Waals surface area contributed by atoms with Gasteiger partial charge in [-0.2, -0.15) is 5.10 Å². The van der Waals surface area contributed by atoms with Crippen LogP contribution in [0.4, 0.5) is 10.6 Å². The van der Waals surface area contributed by atoms with E-state index < -0.39 is 11.7 Å². The molecule has 20 heavy (non-hydrogen) atoms. The van der Waals surface area contributed by atoms with Crippen LogP contribution >= 0.6 is 0 Å². The summed E-state index contributed by atoms with van der Waals surface area (Å²) < 4.78 is 7.09. The van der Waals surface area contributed by atoms with E-state index in [9.17, 15) is 4.79 Å². The number of anilines is 1. The van der Waals surface area contributed by atoms with Crippen molar-refractivity contribution < 1.29 is 9.53 Å². The Kier molecular flexibility index (Phi) is 3.65. The minimum atomic E-state index is -0.534. The number of fused-ring (bicyclic) bond motifs is 1. The summed E-state index contributed by atoms with van der Waals surface area (Å²) in [7, 11) is 0. The second-order valence-electron chi connectivity index (χ2n) is 5.94. The van der Waals surface area contributed by atoms with E-state index in [0.29, 0.717) is 5.82 Å². The summed E-state index contributed by atoms with van der Waals surface area (Å²) in [5.41, 5.74) is 0.398. The molecule has 0 unspecified atom stereocenters. The van der Waals surface area contributed by atoms with Crippen LogP contribution in [0.3, 0.4) is 0 Å². The fourth-order valence-electron chi connectivity index (χ4n) is 1.83. The molecule has 2 aromatic heterocycles. The van der Waals surface area contributed by atoms with Crippen molar-refractivity contribution >= 4 is 22.8 Å². The topological polar surface area (TPSA) is 69.0 Å². The zero-order chi connectivity index (χ0) is 14.9. The maximum Gasteiger partial charge on any atom is 0.413 e. The van der Waals surface area contributed by atoms with Crippen LogP contribution in [-0.4, -0.2) is 26.5 Å². The van der Waals surface area contributed by atoms with Gasteiger partial charge in [0.2, 0.25) is 0 Å². The Hall–Kier alpha value is -2.11. The van der Waals surface area contributed by atoms with Gasteiger partial charge in [-0.1, -0.05) is 0 Å². The quantitative estimate of drug-likeness (QED) is 0.913. The van der Waals surface area contributed by atoms with E-state index in [1.54, 1.807) is 18.5 Å². The third kappa shape index (κ3) is 3.26. The minimum Gasteiger partial charge on any atom is -0.444 e. The van der Waals surface area contributed by atoms with Crippen LogP contribution in [-0.2, 0) is 4.74 Å². The number of hydrogen-bond acceptors (Lipinski definition) is 4. The zero-order valence-electron chi connectivity index (χ0n) is 12.5. The molecule has 108 valence electrons. The van der Waals surface area contributed by atoms with E-state index in [2.05, 4.69) is 15.4 Å². The van der Waals surface area contributed by atoms with Crippen LogP contribution in [0.2, 0.25) is 0 Å². The Morgan fingerprint density at radius 1 is 1.35 bits per heavy atom. The summed E-state index contributed by atoms with van der Waals surface area (Å²) in [5.74, 6) is 0.453. The van der Waals surface area contributed by atoms with Crippen LogP contribution in [0.5, 0.6) is 0 Å². The minimum absolute atomic E-state index is 0.240. The fourth-order valence-corrected chi connectivity index (χ4v) is 1.83. The predicted octanol–water partition coefficient (Wildman–Crippen LogP) is 3.36. The SMILES string of the molecule is CC(C)n1ncc2cnc(NC(=O)OC(C)(C)C)cc21. The van der Waals surface area contributed by atoms with Gasteiger partial charge in [-0.15, -0.1) is 0 Å². The lowest BCUT2D eigenvalue weighted by Gasteiger charge is -2.19. The van der Waals surface area contributed by atoms with E-state index in [-0.39, 0.29) is 6.04 Å². The lowest BCUT2D eigenvalue weighted by atomic mass is 10.2. The van der Waals surface area contributed by atoms with Gasteiger partial charge in [0.25, 0.3) is 0 Å². The number of ether oxygens (including phenoxy) is 1. The molecule has 0 aliphatic carbocycles. The first-order valence-corrected chi connectivity index (χ1v) is 6.59. The number of nitrogens with one attached hydrogen (secondary N) is 1. The van der Waals surface area contributed by atoms with Crippen molar-refractivity contribution in [2.45, 2.75) is 46.3 Å². The van der Waals surface area contributed by atoms with E-state index in [1.807, 2.05) is 39.3 Å². The third-order valence-corrected chi connectivity index (χ3v) is 2.60. The largest absolute Gasteiger partial charge is 0.444 e. The molecule has 0 saturated heterocycles. The second kappa shape index (κ2) is 5.11. The molecule has 0 aliphatic heterocycles. The highest BCUT2D eigenvalue weighted by Crippen LogP contribution is 2.20. The number of pyridine rings is 1. The summed E-state index contributed by atoms with van der Waals surface area (Å²) in [6.45, 7) is 9.55. The van der Waals surface area contributed by atoms with Gasteiger partial charge in [-0.25, -0.2) is 9.78 Å². The van der Waals surface area contributed by atoms with E-state index in [4.69, 9.17) is 4.74 Å². The maximum atomic E-state index is 11.7. The number of nitrogens with zero attached hydrogens (tertiary/aromatic N) is 3. The van der Waals surface area contributed by atoms with Crippen molar-refractivity contribution in [2.75, 3.05) is 5.32 Å². The van der Waals surface area contributed by atoms with Crippen LogP contribution in [0.1, 0.15) is 40.7 Å². The molecule has 6 heteroatoms. The highest BCUT2D eigenvalue weighted by atomic mass is 16.6. The van der Waals surface area contributed by atoms with Crippen molar-refractivity contribution in [2.24, 2.45) is 0 Å². The molecule has 0 aliphatic rings. The van der Waals surface area contributed by atoms with E-state index in [0.717, 1.165) is 10.9 Å². The Bertz CT molecular complexity index is 626. The fraction of sp³-hybridized carbons (Fsp3) is 0.500. The molecule has 1 N–H and O–H groups in total. The highest BCUT2D eigenvalue weighted by Gasteiger charge is 2.17. The summed E-state index contributed by atoms with van der Waals surface area (Å²) in [4.78, 5) is 15.9. The van der Waals surface area contributed by atoms with Crippen molar-refractivity contribution in [3.05, 3.63) is 18.5 Å². The summed E-state index contributed by atoms with van der Waals surface area (Å²) in [6, 6.07) is 2.04. The molecule has 0 aromatic carbocycles. The van der Waals surface area contributed by atoms with Crippen LogP contribution in [0.15, 0.2) is 18.5 Å². The van der Waals surface area contributed by atoms with Gasteiger partial charge < -0.3 is 4.74 Å². The first kappa shape index (κ1) is 14.3. The number of hydrogen-bond donors (Lipinski definition) is 1. The lowest BCUT2D eigenvalue weighted by Crippen LogP contribution is -2.27. The van der Waals surface area contributed by atoms with Crippen molar-refractivity contribution in [1.82, 2.24) is 14.8 Å². The molecule has 0 radical (unpaired) electrons. The second-order valence-corrected chi connectivity index (χ2v) is 5.94. The lowest BCUT2D eigenvalue weighted by molar-refractivity contribution is 0.0635. The first-order valence-electron chi connectivity index (χ1n) is 6.59. The molecule has 0 spiro atoms. The molecule has 2 aromatic rings. The summed E-state index contributed by atoms with van der Waals surface area (Å²) in [5, 5.41) is 7.88. The number of rotatable bonds is 2. The Balaban J connectivity index is 2.23. The van der Waals surface area contributed by atoms with Crippen molar-refractivity contribution in [3.8, 4) is 0 Å². The Morgan fingerprint density at radius 3 is 2.65 bits per heavy atom. The zero-order valence-corrected chi connectivity index (χ0v) is 12.5. The van der Waals surface area contributed by atoms with Crippen LogP contribution in [0, 0.1) is 0 Å². The number of amides is 1. The van der Waals surface area contributed by atoms with Gasteiger partial charge in [0, 0.05) is 23.7 Å². The summed E-state index contributed by atoms with van der Waals surface area (Å²) in [6.07, 6.45) is 2.94. The molecule has 1 amide bonds. The van der Waals surface area contributed by atoms with E-state index in [1.165, 1.54) is 0 Å². The smallest absolute Gasteiger partial charge is 0.413 e. The van der Waals surface area contributed by atoms with Gasteiger partial charge in [-0.05, 0) is 34.6 Å². The highest BCUT2D eigenvalue weighted by molar-refractivity contribution is 5.87.